The molecular weight excluding hydrogens is 534 g/mol. The zero-order valence-corrected chi connectivity index (χ0v) is 21.4. The average molecular weight is 559 g/mol. The summed E-state index contributed by atoms with van der Waals surface area (Å²) >= 11 is 9.83. The summed E-state index contributed by atoms with van der Waals surface area (Å²) in [5.74, 6) is -0.430. The SMILES string of the molecule is C=CCOC(=O)C1(Cc2ccccc2Br)CCc2c(nc(Cl)nc2N2CCN[C@@H](CC#N)C2)C1=O. The third kappa shape index (κ3) is 5.10. The molecule has 1 saturated heterocycles. The number of aromatic nitrogens is 2. The number of nitriles is 1. The molecule has 2 aliphatic rings. The monoisotopic (exact) mass is 557 g/mol. The standard InChI is InChI=1S/C25H25BrClN5O3/c1-2-13-35-23(34)25(14-16-5-3-4-6-19(16)26)9-7-18-20(21(25)33)30-24(27)31-22(18)32-12-11-29-17(15-32)8-10-28/h2-6,17,29H,1,7-9,11-15H2/t17-,25?/m0/s1. The highest BCUT2D eigenvalue weighted by atomic mass is 79.9. The maximum atomic E-state index is 14.0. The molecule has 4 rings (SSSR count). The fraction of sp³-hybridized carbons (Fsp3) is 0.400. The number of Topliss-reactive ketones (excluding diaryl/α,β-unsaturated/α-hetero) is 1. The van der Waals surface area contributed by atoms with Crippen molar-refractivity contribution >= 4 is 45.1 Å². The zero-order chi connectivity index (χ0) is 25.0. The maximum absolute atomic E-state index is 14.0. The highest BCUT2D eigenvalue weighted by Gasteiger charge is 2.52. The van der Waals surface area contributed by atoms with Crippen LogP contribution < -0.4 is 10.2 Å². The normalized spacial score (nSPS) is 21.7. The van der Waals surface area contributed by atoms with E-state index in [0.717, 1.165) is 10.0 Å². The summed E-state index contributed by atoms with van der Waals surface area (Å²) in [4.78, 5) is 38.2. The molecule has 182 valence electrons. The van der Waals surface area contributed by atoms with Gasteiger partial charge in [-0.25, -0.2) is 9.97 Å². The van der Waals surface area contributed by atoms with Crippen molar-refractivity contribution in [1.82, 2.24) is 15.3 Å². The number of nitrogens with one attached hydrogen (secondary N) is 1. The molecule has 1 aromatic heterocycles. The molecule has 8 nitrogen and oxygen atoms in total. The number of benzene rings is 1. The number of anilines is 1. The van der Waals surface area contributed by atoms with Gasteiger partial charge >= 0.3 is 5.97 Å². The summed E-state index contributed by atoms with van der Waals surface area (Å²) < 4.78 is 6.24. The lowest BCUT2D eigenvalue weighted by Gasteiger charge is -2.38. The predicted molar refractivity (Wildman–Crippen MR) is 135 cm³/mol. The largest absolute Gasteiger partial charge is 0.461 e. The fourth-order valence-corrected chi connectivity index (χ4v) is 5.33. The Hall–Kier alpha value is -2.80. The Bertz CT molecular complexity index is 1200. The molecule has 0 amide bonds. The van der Waals surface area contributed by atoms with Gasteiger partial charge in [-0.15, -0.1) is 0 Å². The summed E-state index contributed by atoms with van der Waals surface area (Å²) in [6.45, 7) is 5.51. The Balaban J connectivity index is 1.75. The molecule has 1 aliphatic carbocycles. The fourth-order valence-electron chi connectivity index (χ4n) is 4.74. The van der Waals surface area contributed by atoms with E-state index in [0.29, 0.717) is 43.9 Å². The summed E-state index contributed by atoms with van der Waals surface area (Å²) in [6, 6.07) is 9.67. The lowest BCUT2D eigenvalue weighted by atomic mass is 9.68. The van der Waals surface area contributed by atoms with Gasteiger partial charge in [0.05, 0.1) is 12.5 Å². The van der Waals surface area contributed by atoms with Crippen LogP contribution >= 0.6 is 27.5 Å². The highest BCUT2D eigenvalue weighted by molar-refractivity contribution is 9.10. The number of hydrogen-bond acceptors (Lipinski definition) is 8. The van der Waals surface area contributed by atoms with Crippen LogP contribution in [0.5, 0.6) is 0 Å². The molecule has 2 atom stereocenters. The van der Waals surface area contributed by atoms with Crippen LogP contribution in [-0.2, 0) is 22.4 Å². The Morgan fingerprint density at radius 1 is 1.43 bits per heavy atom. The van der Waals surface area contributed by atoms with Crippen molar-refractivity contribution in [3.63, 3.8) is 0 Å². The van der Waals surface area contributed by atoms with E-state index in [1.165, 1.54) is 6.08 Å². The van der Waals surface area contributed by atoms with Gasteiger partial charge in [0.2, 0.25) is 5.28 Å². The summed E-state index contributed by atoms with van der Waals surface area (Å²) in [5.41, 5.74) is 0.212. The van der Waals surface area contributed by atoms with Crippen molar-refractivity contribution in [2.24, 2.45) is 5.41 Å². The van der Waals surface area contributed by atoms with Crippen LogP contribution in [0.1, 0.15) is 34.5 Å². The van der Waals surface area contributed by atoms with Gasteiger partial charge in [0.25, 0.3) is 0 Å². The van der Waals surface area contributed by atoms with Crippen molar-refractivity contribution in [2.75, 3.05) is 31.1 Å². The molecule has 35 heavy (non-hydrogen) atoms. The van der Waals surface area contributed by atoms with Crippen LogP contribution in [0.15, 0.2) is 41.4 Å². The van der Waals surface area contributed by atoms with Crippen molar-refractivity contribution < 1.29 is 14.3 Å². The molecule has 1 unspecified atom stereocenters. The molecule has 1 N–H and O–H groups in total. The van der Waals surface area contributed by atoms with Gasteiger partial charge in [0, 0.05) is 35.7 Å². The molecule has 1 aromatic carbocycles. The van der Waals surface area contributed by atoms with Crippen LogP contribution in [0.2, 0.25) is 5.28 Å². The topological polar surface area (TPSA) is 108 Å². The molecule has 1 aliphatic heterocycles. The number of hydrogen-bond donors (Lipinski definition) is 1. The van der Waals surface area contributed by atoms with Crippen LogP contribution in [0.3, 0.4) is 0 Å². The van der Waals surface area contributed by atoms with Crippen molar-refractivity contribution in [2.45, 2.75) is 31.7 Å². The van der Waals surface area contributed by atoms with E-state index >= 15 is 0 Å². The Morgan fingerprint density at radius 2 is 2.23 bits per heavy atom. The van der Waals surface area contributed by atoms with Crippen molar-refractivity contribution in [3.8, 4) is 6.07 Å². The van der Waals surface area contributed by atoms with Gasteiger partial charge in [-0.1, -0.05) is 46.8 Å². The van der Waals surface area contributed by atoms with Gasteiger partial charge < -0.3 is 15.0 Å². The molecule has 0 saturated carbocycles. The van der Waals surface area contributed by atoms with Gasteiger partial charge in [0.15, 0.2) is 5.78 Å². The van der Waals surface area contributed by atoms with Gasteiger partial charge in [-0.3, -0.25) is 9.59 Å². The Morgan fingerprint density at radius 3 is 2.97 bits per heavy atom. The van der Waals surface area contributed by atoms with Gasteiger partial charge in [0.1, 0.15) is 23.5 Å². The minimum absolute atomic E-state index is 0.00746. The van der Waals surface area contributed by atoms with E-state index < -0.39 is 17.2 Å². The molecule has 2 heterocycles. The number of nitrogens with zero attached hydrogens (tertiary/aromatic N) is 4. The molecule has 0 radical (unpaired) electrons. The Kier molecular flexibility index (Phi) is 7.85. The second-order valence-electron chi connectivity index (χ2n) is 8.67. The van der Waals surface area contributed by atoms with E-state index in [2.05, 4.69) is 43.9 Å². The molecule has 10 heteroatoms. The third-order valence-electron chi connectivity index (χ3n) is 6.48. The smallest absolute Gasteiger partial charge is 0.320 e. The zero-order valence-electron chi connectivity index (χ0n) is 19.1. The van der Waals surface area contributed by atoms with E-state index in [1.807, 2.05) is 29.2 Å². The van der Waals surface area contributed by atoms with Gasteiger partial charge in [-0.2, -0.15) is 5.26 Å². The highest BCUT2D eigenvalue weighted by Crippen LogP contribution is 2.42. The van der Waals surface area contributed by atoms with Gasteiger partial charge in [-0.05, 0) is 42.5 Å². The van der Waals surface area contributed by atoms with Crippen molar-refractivity contribution in [3.05, 3.63) is 63.5 Å². The van der Waals surface area contributed by atoms with Crippen LogP contribution in [0, 0.1) is 16.7 Å². The minimum atomic E-state index is -1.44. The number of piperazine rings is 1. The lowest BCUT2D eigenvalue weighted by molar-refractivity contribution is -0.152. The number of ketones is 1. The average Bonchev–Trinajstić information content (AvgIpc) is 2.86. The quantitative estimate of drug-likeness (QED) is 0.237. The van der Waals surface area contributed by atoms with E-state index in [4.69, 9.17) is 21.6 Å². The number of halogens is 2. The van der Waals surface area contributed by atoms with E-state index in [1.54, 1.807) is 0 Å². The second kappa shape index (κ2) is 10.9. The first kappa shape index (κ1) is 25.3. The first-order valence-electron chi connectivity index (χ1n) is 11.4. The number of rotatable bonds is 7. The number of carbonyl (C=O) groups excluding carboxylic acids is 2. The van der Waals surface area contributed by atoms with Crippen LogP contribution in [0.4, 0.5) is 5.82 Å². The van der Waals surface area contributed by atoms with E-state index in [9.17, 15) is 9.59 Å². The van der Waals surface area contributed by atoms with Crippen LogP contribution in [0.25, 0.3) is 0 Å². The number of fused-ring (bicyclic) bond motifs is 1. The third-order valence-corrected chi connectivity index (χ3v) is 7.42. The summed E-state index contributed by atoms with van der Waals surface area (Å²) in [5, 5.41) is 12.4. The lowest BCUT2D eigenvalue weighted by Crippen LogP contribution is -2.52. The summed E-state index contributed by atoms with van der Waals surface area (Å²) in [7, 11) is 0. The predicted octanol–water partition coefficient (Wildman–Crippen LogP) is 3.67. The second-order valence-corrected chi connectivity index (χ2v) is 9.86. The van der Waals surface area contributed by atoms with Crippen LogP contribution in [-0.4, -0.2) is 54.0 Å². The number of esters is 1. The maximum Gasteiger partial charge on any atom is 0.320 e. The molecule has 2 aromatic rings. The van der Waals surface area contributed by atoms with Crippen molar-refractivity contribution in [1.29, 1.82) is 5.26 Å². The van der Waals surface area contributed by atoms with E-state index in [-0.39, 0.29) is 36.5 Å². The summed E-state index contributed by atoms with van der Waals surface area (Å²) in [6.07, 6.45) is 2.67. The first-order chi connectivity index (χ1) is 16.9. The molecule has 0 spiro atoms. The Labute approximate surface area is 217 Å². The minimum Gasteiger partial charge on any atom is -0.461 e. The molecular formula is C25H25BrClN5O3. The first-order valence-corrected chi connectivity index (χ1v) is 12.5. The molecule has 1 fully saturated rings. The molecule has 0 bridgehead atoms. The number of carbonyl (C=O) groups is 2. The number of ether oxygens (including phenoxy) is 1.